The highest BCUT2D eigenvalue weighted by Gasteiger charge is 2.41. The van der Waals surface area contributed by atoms with Gasteiger partial charge >= 0.3 is 0 Å². The van der Waals surface area contributed by atoms with Crippen LogP contribution in [0.5, 0.6) is 0 Å². The van der Waals surface area contributed by atoms with Crippen LogP contribution in [0.25, 0.3) is 0 Å². The molecule has 90 valence electrons. The lowest BCUT2D eigenvalue weighted by Crippen LogP contribution is -2.24. The molecule has 1 aliphatic rings. The van der Waals surface area contributed by atoms with Crippen LogP contribution in [0.4, 0.5) is 0 Å². The van der Waals surface area contributed by atoms with Crippen molar-refractivity contribution in [2.24, 2.45) is 5.41 Å². The Morgan fingerprint density at radius 2 is 2.31 bits per heavy atom. The summed E-state index contributed by atoms with van der Waals surface area (Å²) in [5.41, 5.74) is 1.97. The van der Waals surface area contributed by atoms with E-state index in [1.165, 1.54) is 29.7 Å². The number of ether oxygens (including phenoxy) is 1. The lowest BCUT2D eigenvalue weighted by Gasteiger charge is -2.15. The molecule has 0 bridgehead atoms. The van der Waals surface area contributed by atoms with Gasteiger partial charge in [0.25, 0.3) is 0 Å². The summed E-state index contributed by atoms with van der Waals surface area (Å²) in [5, 5.41) is 5.77. The summed E-state index contributed by atoms with van der Waals surface area (Å²) >= 11 is 1.85. The minimum atomic E-state index is 0.557. The molecule has 16 heavy (non-hydrogen) atoms. The molecule has 1 aromatic rings. The molecule has 1 N–H and O–H groups in total. The fraction of sp³-hybridized carbons (Fsp3) is 0.692. The second-order valence-corrected chi connectivity index (χ2v) is 5.87. The van der Waals surface area contributed by atoms with E-state index in [1.54, 1.807) is 7.11 Å². The highest BCUT2D eigenvalue weighted by Crippen LogP contribution is 2.48. The third-order valence-electron chi connectivity index (χ3n) is 3.55. The maximum absolute atomic E-state index is 5.16. The number of thiophene rings is 1. The van der Waals surface area contributed by atoms with Gasteiger partial charge in [-0.15, -0.1) is 11.3 Å². The summed E-state index contributed by atoms with van der Waals surface area (Å²) in [6.07, 6.45) is 3.94. The highest BCUT2D eigenvalue weighted by atomic mass is 32.1. The Bertz CT molecular complexity index is 330. The summed E-state index contributed by atoms with van der Waals surface area (Å²) in [7, 11) is 1.79. The predicted octanol–water partition coefficient (Wildman–Crippen LogP) is 2.96. The zero-order valence-electron chi connectivity index (χ0n) is 10.2. The lowest BCUT2D eigenvalue weighted by atomic mass is 10.0. The molecule has 0 atom stereocenters. The molecule has 0 saturated heterocycles. The molecular formula is C13H21NOS. The van der Waals surface area contributed by atoms with Gasteiger partial charge in [0.1, 0.15) is 0 Å². The second-order valence-electron chi connectivity index (χ2n) is 4.87. The molecule has 1 fully saturated rings. The number of hydrogen-bond donors (Lipinski definition) is 1. The van der Waals surface area contributed by atoms with Gasteiger partial charge in [-0.3, -0.25) is 0 Å². The molecule has 0 aliphatic heterocycles. The molecule has 0 spiro atoms. The Balaban J connectivity index is 1.70. The van der Waals surface area contributed by atoms with Crippen molar-refractivity contribution in [2.45, 2.75) is 32.7 Å². The maximum atomic E-state index is 5.16. The van der Waals surface area contributed by atoms with Crippen molar-refractivity contribution in [2.75, 3.05) is 20.3 Å². The van der Waals surface area contributed by atoms with Gasteiger partial charge in [-0.05, 0) is 48.6 Å². The fourth-order valence-corrected chi connectivity index (χ4v) is 2.91. The van der Waals surface area contributed by atoms with Crippen molar-refractivity contribution in [1.82, 2.24) is 5.32 Å². The SMILES string of the molecule is COCCC1(CNCc2sccc2C)CC1. The smallest absolute Gasteiger partial charge is 0.0468 e. The summed E-state index contributed by atoms with van der Waals surface area (Å²) in [6, 6.07) is 2.19. The zero-order chi connectivity index (χ0) is 11.4. The van der Waals surface area contributed by atoms with Crippen LogP contribution < -0.4 is 5.32 Å². The Labute approximate surface area is 102 Å². The van der Waals surface area contributed by atoms with Gasteiger partial charge in [0.2, 0.25) is 0 Å². The first kappa shape index (κ1) is 12.1. The quantitative estimate of drug-likeness (QED) is 0.790. The fourth-order valence-electron chi connectivity index (χ4n) is 2.04. The van der Waals surface area contributed by atoms with Gasteiger partial charge in [-0.25, -0.2) is 0 Å². The number of methoxy groups -OCH3 is 1. The minimum Gasteiger partial charge on any atom is -0.385 e. The van der Waals surface area contributed by atoms with E-state index >= 15 is 0 Å². The standard InChI is InChI=1S/C13H21NOS/c1-11-3-8-16-12(11)9-14-10-13(4-5-13)6-7-15-2/h3,8,14H,4-7,9-10H2,1-2H3. The van der Waals surface area contributed by atoms with Crippen molar-refractivity contribution in [1.29, 1.82) is 0 Å². The van der Waals surface area contributed by atoms with Crippen LogP contribution in [0.3, 0.4) is 0 Å². The Morgan fingerprint density at radius 1 is 1.50 bits per heavy atom. The van der Waals surface area contributed by atoms with Crippen molar-refractivity contribution in [3.8, 4) is 0 Å². The molecule has 0 unspecified atom stereocenters. The average molecular weight is 239 g/mol. The number of aryl methyl sites for hydroxylation is 1. The Morgan fingerprint density at radius 3 is 2.88 bits per heavy atom. The highest BCUT2D eigenvalue weighted by molar-refractivity contribution is 7.10. The van der Waals surface area contributed by atoms with Crippen LogP contribution >= 0.6 is 11.3 Å². The number of hydrogen-bond acceptors (Lipinski definition) is 3. The third-order valence-corrected chi connectivity index (χ3v) is 4.57. The van der Waals surface area contributed by atoms with Crippen LogP contribution in [0.15, 0.2) is 11.4 Å². The molecule has 3 heteroatoms. The molecule has 0 radical (unpaired) electrons. The zero-order valence-corrected chi connectivity index (χ0v) is 11.0. The van der Waals surface area contributed by atoms with Crippen LogP contribution in [0, 0.1) is 12.3 Å². The summed E-state index contributed by atoms with van der Waals surface area (Å²) in [6.45, 7) is 5.26. The molecule has 0 amide bonds. The Hall–Kier alpha value is -0.380. The Kier molecular flexibility index (Phi) is 4.00. The first-order valence-corrected chi connectivity index (χ1v) is 6.86. The van der Waals surface area contributed by atoms with Crippen molar-refractivity contribution in [3.05, 3.63) is 21.9 Å². The maximum Gasteiger partial charge on any atom is 0.0468 e. The van der Waals surface area contributed by atoms with E-state index in [1.807, 2.05) is 11.3 Å². The number of rotatable bonds is 7. The topological polar surface area (TPSA) is 21.3 Å². The third kappa shape index (κ3) is 3.06. The van der Waals surface area contributed by atoms with E-state index in [9.17, 15) is 0 Å². The summed E-state index contributed by atoms with van der Waals surface area (Å²) in [4.78, 5) is 1.47. The first-order chi connectivity index (χ1) is 7.76. The predicted molar refractivity (Wildman–Crippen MR) is 68.9 cm³/mol. The normalized spacial score (nSPS) is 17.6. The van der Waals surface area contributed by atoms with E-state index in [0.717, 1.165) is 19.7 Å². The molecule has 1 aromatic heterocycles. The van der Waals surface area contributed by atoms with Crippen molar-refractivity contribution < 1.29 is 4.74 Å². The van der Waals surface area contributed by atoms with Gasteiger partial charge in [-0.2, -0.15) is 0 Å². The van der Waals surface area contributed by atoms with E-state index in [-0.39, 0.29) is 0 Å². The van der Waals surface area contributed by atoms with Crippen LogP contribution in [-0.4, -0.2) is 20.3 Å². The van der Waals surface area contributed by atoms with E-state index in [0.29, 0.717) is 5.41 Å². The van der Waals surface area contributed by atoms with Crippen LogP contribution in [-0.2, 0) is 11.3 Å². The lowest BCUT2D eigenvalue weighted by molar-refractivity contribution is 0.171. The molecule has 1 heterocycles. The molecule has 0 aromatic carbocycles. The van der Waals surface area contributed by atoms with Crippen molar-refractivity contribution >= 4 is 11.3 Å². The van der Waals surface area contributed by atoms with Gasteiger partial charge in [0, 0.05) is 31.7 Å². The van der Waals surface area contributed by atoms with Gasteiger partial charge < -0.3 is 10.1 Å². The van der Waals surface area contributed by atoms with E-state index in [4.69, 9.17) is 4.74 Å². The van der Waals surface area contributed by atoms with E-state index < -0.39 is 0 Å². The van der Waals surface area contributed by atoms with Crippen LogP contribution in [0.1, 0.15) is 29.7 Å². The second kappa shape index (κ2) is 5.30. The van der Waals surface area contributed by atoms with Gasteiger partial charge in [0.05, 0.1) is 0 Å². The molecule has 1 saturated carbocycles. The molecule has 1 aliphatic carbocycles. The largest absolute Gasteiger partial charge is 0.385 e. The average Bonchev–Trinajstić information content (AvgIpc) is 2.94. The van der Waals surface area contributed by atoms with Gasteiger partial charge in [-0.1, -0.05) is 0 Å². The minimum absolute atomic E-state index is 0.557. The molecular weight excluding hydrogens is 218 g/mol. The van der Waals surface area contributed by atoms with E-state index in [2.05, 4.69) is 23.7 Å². The number of nitrogens with one attached hydrogen (secondary N) is 1. The first-order valence-electron chi connectivity index (χ1n) is 5.98. The molecule has 2 rings (SSSR count). The van der Waals surface area contributed by atoms with Gasteiger partial charge in [0.15, 0.2) is 0 Å². The summed E-state index contributed by atoms with van der Waals surface area (Å²) in [5.74, 6) is 0. The van der Waals surface area contributed by atoms with Crippen LogP contribution in [0.2, 0.25) is 0 Å². The summed E-state index contributed by atoms with van der Waals surface area (Å²) < 4.78 is 5.16. The molecule has 2 nitrogen and oxygen atoms in total. The monoisotopic (exact) mass is 239 g/mol. The van der Waals surface area contributed by atoms with Crippen molar-refractivity contribution in [3.63, 3.8) is 0 Å².